The average Bonchev–Trinajstić information content (AvgIpc) is 2.61. The quantitative estimate of drug-likeness (QED) is 0.308. The number of nitrogens with zero attached hydrogens (tertiary/aromatic N) is 2. The number of hydrogen-bond acceptors (Lipinski definition) is 4. The molecule has 0 fully saturated rings. The molecular weight excluding hydrogens is 443 g/mol. The van der Waals surface area contributed by atoms with E-state index in [-0.39, 0.29) is 24.0 Å². The van der Waals surface area contributed by atoms with Crippen molar-refractivity contribution in [3.63, 3.8) is 0 Å². The lowest BCUT2D eigenvalue weighted by molar-refractivity contribution is 0.282. The molecule has 1 aromatic rings. The van der Waals surface area contributed by atoms with Crippen molar-refractivity contribution in [2.45, 2.75) is 33.2 Å². The second-order valence-electron chi connectivity index (χ2n) is 6.20. The summed E-state index contributed by atoms with van der Waals surface area (Å²) in [5.74, 6) is 2.38. The summed E-state index contributed by atoms with van der Waals surface area (Å²) >= 11 is 0. The molecule has 26 heavy (non-hydrogen) atoms. The van der Waals surface area contributed by atoms with E-state index in [1.807, 2.05) is 12.1 Å². The van der Waals surface area contributed by atoms with Gasteiger partial charge in [-0.1, -0.05) is 6.07 Å². The SMILES string of the molecule is CCNC(=NCCN(C)C(C)C)NCCc1ccc(OC)c(OC)c1.I. The van der Waals surface area contributed by atoms with Gasteiger partial charge in [0.2, 0.25) is 0 Å². The maximum absolute atomic E-state index is 5.35. The number of likely N-dealkylation sites (N-methyl/N-ethyl adjacent to an activating group) is 1. The summed E-state index contributed by atoms with van der Waals surface area (Å²) in [6.07, 6.45) is 0.886. The third kappa shape index (κ3) is 8.93. The van der Waals surface area contributed by atoms with Gasteiger partial charge in [-0.3, -0.25) is 4.99 Å². The number of halogens is 1. The largest absolute Gasteiger partial charge is 0.493 e. The molecule has 1 aromatic carbocycles. The highest BCUT2D eigenvalue weighted by Gasteiger charge is 2.05. The van der Waals surface area contributed by atoms with Crippen LogP contribution in [-0.2, 0) is 6.42 Å². The molecule has 0 saturated carbocycles. The number of benzene rings is 1. The van der Waals surface area contributed by atoms with E-state index < -0.39 is 0 Å². The monoisotopic (exact) mass is 478 g/mol. The molecule has 0 atom stereocenters. The van der Waals surface area contributed by atoms with Crippen LogP contribution in [0.15, 0.2) is 23.2 Å². The van der Waals surface area contributed by atoms with E-state index >= 15 is 0 Å². The molecule has 0 radical (unpaired) electrons. The first-order valence-corrected chi connectivity index (χ1v) is 8.95. The number of rotatable bonds is 10. The van der Waals surface area contributed by atoms with E-state index in [0.717, 1.165) is 50.1 Å². The molecule has 0 spiro atoms. The van der Waals surface area contributed by atoms with Crippen LogP contribution in [0.4, 0.5) is 0 Å². The molecule has 0 bridgehead atoms. The van der Waals surface area contributed by atoms with Crippen molar-refractivity contribution >= 4 is 29.9 Å². The van der Waals surface area contributed by atoms with E-state index in [1.54, 1.807) is 14.2 Å². The minimum absolute atomic E-state index is 0. The minimum atomic E-state index is 0. The molecule has 0 amide bonds. The zero-order valence-corrected chi connectivity index (χ0v) is 19.3. The number of ether oxygens (including phenoxy) is 2. The van der Waals surface area contributed by atoms with Gasteiger partial charge in [0.05, 0.1) is 20.8 Å². The lowest BCUT2D eigenvalue weighted by atomic mass is 10.1. The van der Waals surface area contributed by atoms with E-state index in [2.05, 4.69) is 54.4 Å². The number of aliphatic imine (C=N–C) groups is 1. The van der Waals surface area contributed by atoms with Crippen molar-refractivity contribution < 1.29 is 9.47 Å². The van der Waals surface area contributed by atoms with Gasteiger partial charge in [0.25, 0.3) is 0 Å². The highest BCUT2D eigenvalue weighted by atomic mass is 127. The number of hydrogen-bond donors (Lipinski definition) is 2. The predicted molar refractivity (Wildman–Crippen MR) is 120 cm³/mol. The first-order valence-electron chi connectivity index (χ1n) is 8.95. The first kappa shape index (κ1) is 24.8. The Morgan fingerprint density at radius 3 is 2.42 bits per heavy atom. The Kier molecular flexibility index (Phi) is 13.3. The summed E-state index contributed by atoms with van der Waals surface area (Å²) in [6.45, 7) is 9.84. The van der Waals surface area contributed by atoms with Crippen LogP contribution in [0.2, 0.25) is 0 Å². The third-order valence-electron chi connectivity index (χ3n) is 4.10. The Labute approximate surface area is 175 Å². The van der Waals surface area contributed by atoms with Crippen LogP contribution in [0.25, 0.3) is 0 Å². The fourth-order valence-electron chi connectivity index (χ4n) is 2.28. The summed E-state index contributed by atoms with van der Waals surface area (Å²) in [4.78, 5) is 6.92. The van der Waals surface area contributed by atoms with Gasteiger partial charge in [0.1, 0.15) is 0 Å². The highest BCUT2D eigenvalue weighted by Crippen LogP contribution is 2.27. The number of methoxy groups -OCH3 is 2. The van der Waals surface area contributed by atoms with Crippen molar-refractivity contribution in [2.75, 3.05) is 47.4 Å². The van der Waals surface area contributed by atoms with E-state index in [0.29, 0.717) is 6.04 Å². The molecule has 0 unspecified atom stereocenters. The molecule has 0 aliphatic rings. The first-order chi connectivity index (χ1) is 12.0. The average molecular weight is 478 g/mol. The topological polar surface area (TPSA) is 58.1 Å². The lowest BCUT2D eigenvalue weighted by Gasteiger charge is -2.20. The maximum atomic E-state index is 5.35. The lowest BCUT2D eigenvalue weighted by Crippen LogP contribution is -2.39. The second kappa shape index (κ2) is 13.9. The van der Waals surface area contributed by atoms with Gasteiger partial charge < -0.3 is 25.0 Å². The molecule has 0 saturated heterocycles. The van der Waals surface area contributed by atoms with Gasteiger partial charge in [-0.25, -0.2) is 0 Å². The summed E-state index contributed by atoms with van der Waals surface area (Å²) in [5.41, 5.74) is 1.19. The molecule has 7 heteroatoms. The fourth-order valence-corrected chi connectivity index (χ4v) is 2.28. The van der Waals surface area contributed by atoms with E-state index in [1.165, 1.54) is 5.56 Å². The molecular formula is C19H35IN4O2. The van der Waals surface area contributed by atoms with Gasteiger partial charge in [-0.05, 0) is 51.9 Å². The standard InChI is InChI=1S/C19H34N4O2.HI/c1-7-20-19(22-12-13-23(4)15(2)3)21-11-10-16-8-9-17(24-5)18(14-16)25-6;/h8-9,14-15H,7,10-13H2,1-6H3,(H2,20,21,22);1H. The molecule has 150 valence electrons. The second-order valence-corrected chi connectivity index (χ2v) is 6.20. The molecule has 0 heterocycles. The summed E-state index contributed by atoms with van der Waals surface area (Å²) in [5, 5.41) is 6.67. The Hall–Kier alpha value is -1.22. The smallest absolute Gasteiger partial charge is 0.191 e. The van der Waals surface area contributed by atoms with Crippen LogP contribution in [0.5, 0.6) is 11.5 Å². The van der Waals surface area contributed by atoms with Gasteiger partial charge in [-0.2, -0.15) is 0 Å². The summed E-state index contributed by atoms with van der Waals surface area (Å²) in [6, 6.07) is 6.55. The van der Waals surface area contributed by atoms with Crippen LogP contribution in [0, 0.1) is 0 Å². The van der Waals surface area contributed by atoms with Crippen LogP contribution < -0.4 is 20.1 Å². The van der Waals surface area contributed by atoms with Crippen molar-refractivity contribution in [2.24, 2.45) is 4.99 Å². The van der Waals surface area contributed by atoms with E-state index in [4.69, 9.17) is 9.47 Å². The van der Waals surface area contributed by atoms with Crippen LogP contribution in [0.3, 0.4) is 0 Å². The third-order valence-corrected chi connectivity index (χ3v) is 4.10. The normalized spacial score (nSPS) is 11.3. The van der Waals surface area contributed by atoms with Crippen molar-refractivity contribution in [3.05, 3.63) is 23.8 Å². The van der Waals surface area contributed by atoms with Gasteiger partial charge in [0, 0.05) is 25.7 Å². The Morgan fingerprint density at radius 2 is 1.85 bits per heavy atom. The van der Waals surface area contributed by atoms with E-state index in [9.17, 15) is 0 Å². The number of nitrogens with one attached hydrogen (secondary N) is 2. The fraction of sp³-hybridized carbons (Fsp3) is 0.632. The van der Waals surface area contributed by atoms with Crippen LogP contribution in [-0.4, -0.2) is 64.3 Å². The van der Waals surface area contributed by atoms with Gasteiger partial charge in [0.15, 0.2) is 17.5 Å². The molecule has 0 aliphatic heterocycles. The molecule has 0 aliphatic carbocycles. The molecule has 6 nitrogen and oxygen atoms in total. The summed E-state index contributed by atoms with van der Waals surface area (Å²) < 4.78 is 10.6. The molecule has 0 aromatic heterocycles. The van der Waals surface area contributed by atoms with Gasteiger partial charge >= 0.3 is 0 Å². The maximum Gasteiger partial charge on any atom is 0.191 e. The van der Waals surface area contributed by atoms with Gasteiger partial charge in [-0.15, -0.1) is 24.0 Å². The van der Waals surface area contributed by atoms with Crippen molar-refractivity contribution in [1.29, 1.82) is 0 Å². The highest BCUT2D eigenvalue weighted by molar-refractivity contribution is 14.0. The van der Waals surface area contributed by atoms with Crippen molar-refractivity contribution in [1.82, 2.24) is 15.5 Å². The van der Waals surface area contributed by atoms with Crippen LogP contribution in [0.1, 0.15) is 26.3 Å². The minimum Gasteiger partial charge on any atom is -0.493 e. The zero-order valence-electron chi connectivity index (χ0n) is 17.0. The van der Waals surface area contributed by atoms with Crippen molar-refractivity contribution in [3.8, 4) is 11.5 Å². The van der Waals surface area contributed by atoms with Crippen LogP contribution >= 0.6 is 24.0 Å². The Bertz CT molecular complexity index is 538. The summed E-state index contributed by atoms with van der Waals surface area (Å²) in [7, 11) is 5.43. The zero-order chi connectivity index (χ0) is 18.7. The number of guanidine groups is 1. The Morgan fingerprint density at radius 1 is 1.15 bits per heavy atom. The molecule has 2 N–H and O–H groups in total. The Balaban J connectivity index is 0.00000625. The molecule has 1 rings (SSSR count). The predicted octanol–water partition coefficient (Wildman–Crippen LogP) is 2.76.